The van der Waals surface area contributed by atoms with Crippen LogP contribution < -0.4 is 0 Å². The highest BCUT2D eigenvalue weighted by Gasteiger charge is 2.15. The second-order valence-electron chi connectivity index (χ2n) is 4.37. The highest BCUT2D eigenvalue weighted by Crippen LogP contribution is 2.32. The molecule has 2 aromatic carbocycles. The zero-order valence-corrected chi connectivity index (χ0v) is 10.8. The number of aromatic nitrogens is 1. The van der Waals surface area contributed by atoms with Crippen LogP contribution in [0.1, 0.15) is 12.8 Å². The number of nitrogens with zero attached hydrogens (tertiary/aromatic N) is 1. The van der Waals surface area contributed by atoms with Crippen molar-refractivity contribution in [3.05, 3.63) is 66.6 Å². The van der Waals surface area contributed by atoms with Crippen molar-refractivity contribution in [2.75, 3.05) is 0 Å². The van der Waals surface area contributed by atoms with Gasteiger partial charge >= 0.3 is 0 Å². The number of benzene rings is 2. The van der Waals surface area contributed by atoms with E-state index in [1.165, 1.54) is 0 Å². The predicted octanol–water partition coefficient (Wildman–Crippen LogP) is 4.57. The first-order chi connectivity index (χ1) is 9.38. The van der Waals surface area contributed by atoms with Crippen LogP contribution in [0.5, 0.6) is 0 Å². The lowest BCUT2D eigenvalue weighted by Crippen LogP contribution is -1.82. The number of hydrogen-bond acceptors (Lipinski definition) is 2. The lowest BCUT2D eigenvalue weighted by atomic mass is 10.1. The number of hydrogen-bond donors (Lipinski definition) is 0. The minimum atomic E-state index is 0.776. The van der Waals surface area contributed by atoms with E-state index >= 15 is 0 Å². The Morgan fingerprint density at radius 2 is 1.42 bits per heavy atom. The molecule has 3 rings (SSSR count). The molecular formula is C17H15NO. The number of rotatable bonds is 3. The predicted molar refractivity (Wildman–Crippen MR) is 76.8 cm³/mol. The zero-order valence-electron chi connectivity index (χ0n) is 10.8. The summed E-state index contributed by atoms with van der Waals surface area (Å²) >= 11 is 0. The molecule has 0 spiro atoms. The van der Waals surface area contributed by atoms with Crippen molar-refractivity contribution in [3.63, 3.8) is 0 Å². The molecule has 0 fully saturated rings. The fraction of sp³-hybridized carbons (Fsp3) is 0.118. The van der Waals surface area contributed by atoms with Gasteiger partial charge in [0.25, 0.3) is 0 Å². The van der Waals surface area contributed by atoms with E-state index in [4.69, 9.17) is 4.42 Å². The van der Waals surface area contributed by atoms with Crippen LogP contribution in [0.3, 0.4) is 0 Å². The van der Waals surface area contributed by atoms with Crippen LogP contribution in [0.2, 0.25) is 0 Å². The fourth-order valence-corrected chi connectivity index (χ4v) is 2.09. The average molecular weight is 249 g/mol. The highest BCUT2D eigenvalue weighted by atomic mass is 16.4. The second kappa shape index (κ2) is 5.11. The molecule has 1 heterocycles. The van der Waals surface area contributed by atoms with E-state index in [1.54, 1.807) is 0 Å². The molecule has 0 N–H and O–H groups in total. The molecule has 94 valence electrons. The maximum absolute atomic E-state index is 5.89. The Bertz CT molecular complexity index is 599. The molecule has 1 aromatic heterocycles. The first-order valence-electron chi connectivity index (χ1n) is 6.49. The Morgan fingerprint density at radius 3 is 2.00 bits per heavy atom. The van der Waals surface area contributed by atoms with Crippen LogP contribution in [-0.4, -0.2) is 4.98 Å². The Hall–Kier alpha value is -2.35. The summed E-state index contributed by atoms with van der Waals surface area (Å²) in [5.41, 5.74) is 3.07. The lowest BCUT2D eigenvalue weighted by molar-refractivity contribution is 0.514. The fourth-order valence-electron chi connectivity index (χ4n) is 2.09. The summed E-state index contributed by atoms with van der Waals surface area (Å²) in [7, 11) is 0. The smallest absolute Gasteiger partial charge is 0.195 e. The quantitative estimate of drug-likeness (QED) is 0.679. The molecule has 0 saturated heterocycles. The summed E-state index contributed by atoms with van der Waals surface area (Å²) in [4.78, 5) is 4.61. The maximum Gasteiger partial charge on any atom is 0.195 e. The van der Waals surface area contributed by atoms with Crippen LogP contribution in [0, 0.1) is 0 Å². The standard InChI is InChI=1S/C17H15NO/c1-2-15-18-16(13-9-5-3-6-10-13)17(19-15)14-11-7-4-8-12-14/h3-12H,2H2,1H3. The first-order valence-corrected chi connectivity index (χ1v) is 6.49. The van der Waals surface area contributed by atoms with Crippen molar-refractivity contribution in [1.82, 2.24) is 4.98 Å². The topological polar surface area (TPSA) is 26.0 Å². The van der Waals surface area contributed by atoms with Gasteiger partial charge in [0.15, 0.2) is 11.7 Å². The third kappa shape index (κ3) is 2.29. The van der Waals surface area contributed by atoms with Gasteiger partial charge in [0.05, 0.1) is 0 Å². The van der Waals surface area contributed by atoms with E-state index in [2.05, 4.69) is 24.0 Å². The van der Waals surface area contributed by atoms with Gasteiger partial charge in [-0.3, -0.25) is 0 Å². The van der Waals surface area contributed by atoms with Crippen molar-refractivity contribution in [3.8, 4) is 22.6 Å². The van der Waals surface area contributed by atoms with Crippen molar-refractivity contribution in [2.45, 2.75) is 13.3 Å². The van der Waals surface area contributed by atoms with E-state index < -0.39 is 0 Å². The summed E-state index contributed by atoms with van der Waals surface area (Å²) < 4.78 is 5.89. The SMILES string of the molecule is CCc1nc(-c2ccccc2)c(-c2ccccc2)o1. The molecule has 2 nitrogen and oxygen atoms in total. The average Bonchev–Trinajstić information content (AvgIpc) is 2.93. The molecule has 0 unspecified atom stereocenters. The lowest BCUT2D eigenvalue weighted by Gasteiger charge is -2.00. The summed E-state index contributed by atoms with van der Waals surface area (Å²) in [6.07, 6.45) is 0.798. The Kier molecular flexibility index (Phi) is 3.15. The molecule has 2 heteroatoms. The summed E-state index contributed by atoms with van der Waals surface area (Å²) in [5.74, 6) is 1.63. The molecule has 0 bridgehead atoms. The van der Waals surface area contributed by atoms with Crippen LogP contribution in [0.25, 0.3) is 22.6 Å². The van der Waals surface area contributed by atoms with Gasteiger partial charge in [0.2, 0.25) is 0 Å². The highest BCUT2D eigenvalue weighted by molar-refractivity contribution is 5.76. The molecule has 0 atom stereocenters. The van der Waals surface area contributed by atoms with Gasteiger partial charge in [-0.2, -0.15) is 0 Å². The van der Waals surface area contributed by atoms with Crippen LogP contribution in [-0.2, 0) is 6.42 Å². The Balaban J connectivity index is 2.17. The first kappa shape index (κ1) is 11.7. The molecular weight excluding hydrogens is 234 g/mol. The second-order valence-corrected chi connectivity index (χ2v) is 4.37. The summed E-state index contributed by atoms with van der Waals surface area (Å²) in [5, 5.41) is 0. The third-order valence-corrected chi connectivity index (χ3v) is 3.06. The van der Waals surface area contributed by atoms with Gasteiger partial charge in [-0.1, -0.05) is 67.6 Å². The van der Waals surface area contributed by atoms with Gasteiger partial charge in [-0.05, 0) is 0 Å². The number of aryl methyl sites for hydroxylation is 1. The summed E-state index contributed by atoms with van der Waals surface area (Å²) in [6, 6.07) is 20.3. The summed E-state index contributed by atoms with van der Waals surface area (Å²) in [6.45, 7) is 2.05. The molecule has 0 aliphatic heterocycles. The molecule has 0 aliphatic rings. The zero-order chi connectivity index (χ0) is 13.1. The third-order valence-electron chi connectivity index (χ3n) is 3.06. The van der Waals surface area contributed by atoms with Crippen LogP contribution in [0.4, 0.5) is 0 Å². The molecule has 0 aliphatic carbocycles. The van der Waals surface area contributed by atoms with Crippen molar-refractivity contribution in [1.29, 1.82) is 0 Å². The maximum atomic E-state index is 5.89. The molecule has 0 radical (unpaired) electrons. The van der Waals surface area contributed by atoms with Gasteiger partial charge in [-0.15, -0.1) is 0 Å². The van der Waals surface area contributed by atoms with E-state index in [9.17, 15) is 0 Å². The minimum absolute atomic E-state index is 0.776. The van der Waals surface area contributed by atoms with Crippen LogP contribution >= 0.6 is 0 Å². The van der Waals surface area contributed by atoms with Crippen molar-refractivity contribution in [2.24, 2.45) is 0 Å². The van der Waals surface area contributed by atoms with Crippen molar-refractivity contribution < 1.29 is 4.42 Å². The Labute approximate surface area is 112 Å². The van der Waals surface area contributed by atoms with E-state index in [0.717, 1.165) is 34.9 Å². The molecule has 0 saturated carbocycles. The molecule has 0 amide bonds. The normalized spacial score (nSPS) is 10.6. The monoisotopic (exact) mass is 249 g/mol. The van der Waals surface area contributed by atoms with Gasteiger partial charge in [0.1, 0.15) is 5.69 Å². The van der Waals surface area contributed by atoms with E-state index in [0.29, 0.717) is 0 Å². The molecule has 3 aromatic rings. The molecule has 19 heavy (non-hydrogen) atoms. The van der Waals surface area contributed by atoms with Gasteiger partial charge in [-0.25, -0.2) is 4.98 Å². The van der Waals surface area contributed by atoms with Crippen molar-refractivity contribution >= 4 is 0 Å². The van der Waals surface area contributed by atoms with Gasteiger partial charge in [0, 0.05) is 17.5 Å². The largest absolute Gasteiger partial charge is 0.440 e. The minimum Gasteiger partial charge on any atom is -0.440 e. The van der Waals surface area contributed by atoms with E-state index in [-0.39, 0.29) is 0 Å². The number of oxazole rings is 1. The Morgan fingerprint density at radius 1 is 0.842 bits per heavy atom. The van der Waals surface area contributed by atoms with E-state index in [1.807, 2.05) is 48.5 Å². The van der Waals surface area contributed by atoms with Crippen LogP contribution in [0.15, 0.2) is 65.1 Å². The van der Waals surface area contributed by atoms with Gasteiger partial charge < -0.3 is 4.42 Å².